The normalized spacial score (nSPS) is 10.6. The summed E-state index contributed by atoms with van der Waals surface area (Å²) in [6.45, 7) is 2.18. The molecule has 0 spiro atoms. The average Bonchev–Trinajstić information content (AvgIpc) is 2.75. The summed E-state index contributed by atoms with van der Waals surface area (Å²) in [7, 11) is 1.59. The number of aryl methyl sites for hydroxylation is 1. The molecule has 2 aromatic rings. The largest absolute Gasteiger partial charge is 0.377 e. The van der Waals surface area contributed by atoms with E-state index in [1.165, 1.54) is 23.3 Å². The molecule has 0 fully saturated rings. The molecule has 0 aliphatic heterocycles. The fourth-order valence-corrected chi connectivity index (χ4v) is 2.82. The molecule has 0 saturated carbocycles. The van der Waals surface area contributed by atoms with Crippen molar-refractivity contribution in [1.82, 2.24) is 19.3 Å². The number of rotatable bonds is 5. The second kappa shape index (κ2) is 6.05. The monoisotopic (exact) mass is 284 g/mol. The van der Waals surface area contributed by atoms with E-state index in [9.17, 15) is 0 Å². The van der Waals surface area contributed by atoms with E-state index in [4.69, 9.17) is 10.6 Å². The van der Waals surface area contributed by atoms with Crippen molar-refractivity contribution in [2.75, 3.05) is 12.5 Å². The van der Waals surface area contributed by atoms with Gasteiger partial charge in [0.05, 0.1) is 0 Å². The summed E-state index contributed by atoms with van der Waals surface area (Å²) in [5, 5.41) is 0.751. The highest BCUT2D eigenvalue weighted by Gasteiger charge is 2.08. The van der Waals surface area contributed by atoms with E-state index < -0.39 is 0 Å². The van der Waals surface area contributed by atoms with Gasteiger partial charge in [-0.2, -0.15) is 4.37 Å². The number of nitrogens with one attached hydrogen (secondary N) is 1. The maximum atomic E-state index is 5.37. The number of anilines is 1. The lowest BCUT2D eigenvalue weighted by Crippen LogP contribution is -2.11. The van der Waals surface area contributed by atoms with Gasteiger partial charge in [0.15, 0.2) is 10.2 Å². The van der Waals surface area contributed by atoms with E-state index in [1.54, 1.807) is 13.2 Å². The number of hydrogen-bond donors (Lipinski definition) is 2. The number of hydrazine groups is 1. The third-order valence-electron chi connectivity index (χ3n) is 1.87. The fourth-order valence-electron chi connectivity index (χ4n) is 1.20. The lowest BCUT2D eigenvalue weighted by molar-refractivity contribution is 0.177. The molecule has 9 heteroatoms. The summed E-state index contributed by atoms with van der Waals surface area (Å²) in [5.74, 6) is 7.23. The summed E-state index contributed by atoms with van der Waals surface area (Å²) in [5.41, 5.74) is 2.50. The third-order valence-corrected chi connectivity index (χ3v) is 3.63. The smallest absolute Gasteiger partial charge is 0.176 e. The zero-order chi connectivity index (χ0) is 13.0. The minimum atomic E-state index is 0.332. The minimum Gasteiger partial charge on any atom is -0.377 e. The van der Waals surface area contributed by atoms with Crippen LogP contribution in [0.1, 0.15) is 11.6 Å². The Morgan fingerprint density at radius 3 is 2.89 bits per heavy atom. The number of nitrogens with zero attached hydrogens (tertiary/aromatic N) is 4. The quantitative estimate of drug-likeness (QED) is 0.480. The first-order valence-electron chi connectivity index (χ1n) is 5.03. The van der Waals surface area contributed by atoms with Gasteiger partial charge in [0.1, 0.15) is 23.3 Å². The Bertz CT molecular complexity index is 532. The van der Waals surface area contributed by atoms with Crippen LogP contribution < -0.4 is 11.3 Å². The lowest BCUT2D eigenvalue weighted by atomic mass is 10.5. The number of nitrogen functional groups attached to an aromatic ring is 1. The van der Waals surface area contributed by atoms with Gasteiger partial charge in [-0.05, 0) is 30.2 Å². The second-order valence-corrected chi connectivity index (χ2v) is 5.31. The van der Waals surface area contributed by atoms with Crippen LogP contribution in [0.5, 0.6) is 0 Å². The summed E-state index contributed by atoms with van der Waals surface area (Å²) < 4.78 is 9.95. The van der Waals surface area contributed by atoms with Crippen LogP contribution in [0.2, 0.25) is 0 Å². The number of ether oxygens (including phenoxy) is 1. The van der Waals surface area contributed by atoms with Crippen molar-refractivity contribution >= 4 is 29.1 Å². The minimum absolute atomic E-state index is 0.332. The maximum absolute atomic E-state index is 5.37. The molecule has 3 N–H and O–H groups in total. The van der Waals surface area contributed by atoms with Crippen LogP contribution in [0.15, 0.2) is 15.4 Å². The van der Waals surface area contributed by atoms with Crippen LogP contribution in [0.4, 0.5) is 5.82 Å². The van der Waals surface area contributed by atoms with Gasteiger partial charge in [0.2, 0.25) is 0 Å². The number of hydrogen-bond acceptors (Lipinski definition) is 9. The van der Waals surface area contributed by atoms with Gasteiger partial charge in [-0.3, -0.25) is 0 Å². The van der Waals surface area contributed by atoms with Crippen molar-refractivity contribution < 1.29 is 4.74 Å². The molecular formula is C9H12N6OS2. The molecule has 2 heterocycles. The number of methoxy groups -OCH3 is 1. The first-order valence-corrected chi connectivity index (χ1v) is 6.62. The van der Waals surface area contributed by atoms with E-state index >= 15 is 0 Å². The first kappa shape index (κ1) is 13.1. The van der Waals surface area contributed by atoms with Crippen LogP contribution in [0, 0.1) is 6.92 Å². The summed E-state index contributed by atoms with van der Waals surface area (Å²) in [4.78, 5) is 12.8. The van der Waals surface area contributed by atoms with E-state index in [-0.39, 0.29) is 0 Å². The van der Waals surface area contributed by atoms with Crippen LogP contribution in [0.25, 0.3) is 0 Å². The number of nitrogens with two attached hydrogens (primary N) is 1. The standard InChI is InChI=1S/C9H12N6OS2/c1-5-11-9(18-15-5)17-8-3-6(14-10)12-7(13-8)4-16-2/h3H,4,10H2,1-2H3,(H,12,13,14). The van der Waals surface area contributed by atoms with E-state index in [0.717, 1.165) is 15.2 Å². The van der Waals surface area contributed by atoms with Crippen molar-refractivity contribution in [3.63, 3.8) is 0 Å². The molecule has 2 aromatic heterocycles. The molecule has 18 heavy (non-hydrogen) atoms. The highest BCUT2D eigenvalue weighted by molar-refractivity contribution is 8.00. The zero-order valence-corrected chi connectivity index (χ0v) is 11.5. The summed E-state index contributed by atoms with van der Waals surface area (Å²) in [6, 6.07) is 1.75. The Morgan fingerprint density at radius 2 is 2.28 bits per heavy atom. The third kappa shape index (κ3) is 3.35. The maximum Gasteiger partial charge on any atom is 0.176 e. The van der Waals surface area contributed by atoms with Crippen LogP contribution in [-0.2, 0) is 11.3 Å². The average molecular weight is 284 g/mol. The van der Waals surface area contributed by atoms with Crippen LogP contribution in [0.3, 0.4) is 0 Å². The molecule has 2 rings (SSSR count). The topological polar surface area (TPSA) is 98.8 Å². The Morgan fingerprint density at radius 1 is 1.44 bits per heavy atom. The van der Waals surface area contributed by atoms with Gasteiger partial charge < -0.3 is 10.2 Å². The molecule has 0 unspecified atom stereocenters. The fraction of sp³-hybridized carbons (Fsp3) is 0.333. The molecule has 0 saturated heterocycles. The Balaban J connectivity index is 2.23. The molecule has 0 aliphatic rings. The Hall–Kier alpha value is -1.29. The van der Waals surface area contributed by atoms with Crippen molar-refractivity contribution in [3.8, 4) is 0 Å². The van der Waals surface area contributed by atoms with E-state index in [1.807, 2.05) is 6.92 Å². The van der Waals surface area contributed by atoms with Gasteiger partial charge in [-0.25, -0.2) is 20.8 Å². The molecule has 0 radical (unpaired) electrons. The van der Waals surface area contributed by atoms with E-state index in [2.05, 4.69) is 24.8 Å². The Labute approximate surface area is 112 Å². The number of aromatic nitrogens is 4. The molecule has 0 amide bonds. The first-order chi connectivity index (χ1) is 8.71. The highest BCUT2D eigenvalue weighted by atomic mass is 32.2. The lowest BCUT2D eigenvalue weighted by Gasteiger charge is -2.05. The zero-order valence-electron chi connectivity index (χ0n) is 9.88. The Kier molecular flexibility index (Phi) is 4.42. The van der Waals surface area contributed by atoms with Crippen molar-refractivity contribution in [3.05, 3.63) is 17.7 Å². The molecule has 7 nitrogen and oxygen atoms in total. The van der Waals surface area contributed by atoms with Crippen LogP contribution >= 0.6 is 23.3 Å². The molecule has 0 bridgehead atoms. The molecular weight excluding hydrogens is 272 g/mol. The van der Waals surface area contributed by atoms with Gasteiger partial charge in [-0.1, -0.05) is 0 Å². The van der Waals surface area contributed by atoms with Gasteiger partial charge in [0, 0.05) is 13.2 Å². The van der Waals surface area contributed by atoms with E-state index in [0.29, 0.717) is 18.2 Å². The van der Waals surface area contributed by atoms with Crippen molar-refractivity contribution in [2.24, 2.45) is 5.84 Å². The molecule has 0 aliphatic carbocycles. The predicted molar refractivity (Wildman–Crippen MR) is 69.3 cm³/mol. The highest BCUT2D eigenvalue weighted by Crippen LogP contribution is 2.28. The van der Waals surface area contributed by atoms with Gasteiger partial charge >= 0.3 is 0 Å². The van der Waals surface area contributed by atoms with Gasteiger partial charge in [-0.15, -0.1) is 0 Å². The summed E-state index contributed by atoms with van der Waals surface area (Å²) in [6.07, 6.45) is 0. The molecule has 0 atom stereocenters. The second-order valence-electron chi connectivity index (χ2n) is 3.29. The SMILES string of the molecule is COCc1nc(NN)cc(Sc2nc(C)ns2)n1. The van der Waals surface area contributed by atoms with Crippen LogP contribution in [-0.4, -0.2) is 26.4 Å². The van der Waals surface area contributed by atoms with Crippen molar-refractivity contribution in [1.29, 1.82) is 0 Å². The van der Waals surface area contributed by atoms with Gasteiger partial charge in [0.25, 0.3) is 0 Å². The predicted octanol–water partition coefficient (Wildman–Crippen LogP) is 1.22. The summed E-state index contributed by atoms with van der Waals surface area (Å²) >= 11 is 2.76. The van der Waals surface area contributed by atoms with Crippen molar-refractivity contribution in [2.45, 2.75) is 22.9 Å². The molecule has 0 aromatic carbocycles. The molecule has 96 valence electrons.